The van der Waals surface area contributed by atoms with E-state index in [2.05, 4.69) is 12.2 Å². The predicted octanol–water partition coefficient (Wildman–Crippen LogP) is 3.67. The molecule has 0 saturated heterocycles. The predicted molar refractivity (Wildman–Crippen MR) is 94.1 cm³/mol. The van der Waals surface area contributed by atoms with Crippen LogP contribution in [0.25, 0.3) is 0 Å². The summed E-state index contributed by atoms with van der Waals surface area (Å²) in [4.78, 5) is 12.0. The molecule has 0 atom stereocenters. The summed E-state index contributed by atoms with van der Waals surface area (Å²) < 4.78 is 16.2. The fraction of sp³-hybridized carbons (Fsp3) is 0.316. The van der Waals surface area contributed by atoms with Crippen molar-refractivity contribution in [2.75, 3.05) is 25.6 Å². The number of aryl methyl sites for hydroxylation is 1. The van der Waals surface area contributed by atoms with E-state index >= 15 is 0 Å². The largest absolute Gasteiger partial charge is 0.493 e. The average Bonchev–Trinajstić information content (AvgIpc) is 2.62. The molecule has 24 heavy (non-hydrogen) atoms. The highest BCUT2D eigenvalue weighted by Crippen LogP contribution is 2.30. The van der Waals surface area contributed by atoms with Gasteiger partial charge in [-0.25, -0.2) is 0 Å². The summed E-state index contributed by atoms with van der Waals surface area (Å²) in [6.07, 6.45) is 0.973. The number of anilines is 1. The Balaban J connectivity index is 1.91. The number of carbonyl (C=O) groups is 1. The van der Waals surface area contributed by atoms with Gasteiger partial charge in [0.05, 0.1) is 13.7 Å². The lowest BCUT2D eigenvalue weighted by molar-refractivity contribution is -0.118. The van der Waals surface area contributed by atoms with Crippen LogP contribution < -0.4 is 19.5 Å². The van der Waals surface area contributed by atoms with Crippen molar-refractivity contribution in [2.24, 2.45) is 0 Å². The van der Waals surface area contributed by atoms with E-state index in [-0.39, 0.29) is 12.5 Å². The van der Waals surface area contributed by atoms with E-state index in [9.17, 15) is 4.79 Å². The molecular weight excluding hydrogens is 306 g/mol. The number of methoxy groups -OCH3 is 1. The van der Waals surface area contributed by atoms with Crippen molar-refractivity contribution >= 4 is 11.6 Å². The van der Waals surface area contributed by atoms with Gasteiger partial charge in [-0.1, -0.05) is 19.1 Å². The van der Waals surface area contributed by atoms with E-state index in [0.717, 1.165) is 6.42 Å². The zero-order chi connectivity index (χ0) is 17.4. The van der Waals surface area contributed by atoms with Gasteiger partial charge in [0.25, 0.3) is 5.91 Å². The van der Waals surface area contributed by atoms with Gasteiger partial charge in [-0.3, -0.25) is 4.79 Å². The fourth-order valence-corrected chi connectivity index (χ4v) is 2.19. The molecule has 1 N–H and O–H groups in total. The quantitative estimate of drug-likeness (QED) is 0.803. The molecule has 0 spiro atoms. The summed E-state index contributed by atoms with van der Waals surface area (Å²) >= 11 is 0. The zero-order valence-corrected chi connectivity index (χ0v) is 14.3. The minimum Gasteiger partial charge on any atom is -0.493 e. The van der Waals surface area contributed by atoms with Crippen LogP contribution in [0.15, 0.2) is 42.5 Å². The van der Waals surface area contributed by atoms with Gasteiger partial charge in [-0.15, -0.1) is 0 Å². The molecule has 0 fully saturated rings. The maximum absolute atomic E-state index is 12.0. The lowest BCUT2D eigenvalue weighted by Gasteiger charge is -2.12. The number of nitrogens with one attached hydrogen (secondary N) is 1. The molecule has 0 aliphatic carbocycles. The number of rotatable bonds is 8. The van der Waals surface area contributed by atoms with Gasteiger partial charge in [-0.05, 0) is 43.2 Å². The highest BCUT2D eigenvalue weighted by atomic mass is 16.5. The Morgan fingerprint density at radius 1 is 1.00 bits per heavy atom. The topological polar surface area (TPSA) is 56.8 Å². The van der Waals surface area contributed by atoms with Crippen LogP contribution in [0.4, 0.5) is 5.69 Å². The minimum absolute atomic E-state index is 0.0546. The number of hydrogen-bond donors (Lipinski definition) is 1. The molecule has 0 aliphatic heterocycles. The molecule has 128 valence electrons. The molecule has 0 aliphatic rings. The molecule has 2 aromatic carbocycles. The second kappa shape index (κ2) is 8.82. The highest BCUT2D eigenvalue weighted by Gasteiger charge is 2.08. The third kappa shape index (κ3) is 4.91. The lowest BCUT2D eigenvalue weighted by Crippen LogP contribution is -2.20. The van der Waals surface area contributed by atoms with E-state index in [4.69, 9.17) is 14.2 Å². The molecular formula is C19H23NO4. The van der Waals surface area contributed by atoms with Crippen LogP contribution in [0.5, 0.6) is 17.2 Å². The Morgan fingerprint density at radius 2 is 1.75 bits per heavy atom. The van der Waals surface area contributed by atoms with Crippen molar-refractivity contribution in [3.8, 4) is 17.2 Å². The van der Waals surface area contributed by atoms with Crippen molar-refractivity contribution in [3.63, 3.8) is 0 Å². The minimum atomic E-state index is -0.235. The summed E-state index contributed by atoms with van der Waals surface area (Å²) in [6, 6.07) is 13.0. The van der Waals surface area contributed by atoms with Crippen LogP contribution >= 0.6 is 0 Å². The van der Waals surface area contributed by atoms with Gasteiger partial charge >= 0.3 is 0 Å². The first-order valence-electron chi connectivity index (χ1n) is 7.98. The lowest BCUT2D eigenvalue weighted by atomic mass is 10.2. The molecule has 1 amide bonds. The van der Waals surface area contributed by atoms with Gasteiger partial charge in [0.1, 0.15) is 5.75 Å². The second-order valence-electron chi connectivity index (χ2n) is 5.13. The number of hydrogen-bond acceptors (Lipinski definition) is 4. The molecule has 0 unspecified atom stereocenters. The van der Waals surface area contributed by atoms with Crippen LogP contribution in [0, 0.1) is 0 Å². The van der Waals surface area contributed by atoms with Crippen molar-refractivity contribution in [1.82, 2.24) is 0 Å². The molecule has 0 saturated carbocycles. The van der Waals surface area contributed by atoms with Crippen LogP contribution in [-0.4, -0.2) is 26.2 Å². The third-order valence-electron chi connectivity index (χ3n) is 3.45. The maximum atomic E-state index is 12.0. The number of carbonyl (C=O) groups excluding carboxylic acids is 1. The van der Waals surface area contributed by atoms with E-state index < -0.39 is 0 Å². The maximum Gasteiger partial charge on any atom is 0.262 e. The molecule has 0 aromatic heterocycles. The fourth-order valence-electron chi connectivity index (χ4n) is 2.19. The van der Waals surface area contributed by atoms with Crippen molar-refractivity contribution in [3.05, 3.63) is 48.0 Å². The Morgan fingerprint density at radius 3 is 2.38 bits per heavy atom. The van der Waals surface area contributed by atoms with E-state index in [0.29, 0.717) is 29.5 Å². The number of benzene rings is 2. The average molecular weight is 329 g/mol. The summed E-state index contributed by atoms with van der Waals surface area (Å²) in [5.74, 6) is 1.66. The van der Waals surface area contributed by atoms with Gasteiger partial charge in [0, 0.05) is 11.8 Å². The first kappa shape index (κ1) is 17.7. The summed E-state index contributed by atoms with van der Waals surface area (Å²) in [5.41, 5.74) is 1.86. The Labute approximate surface area is 142 Å². The van der Waals surface area contributed by atoms with Crippen molar-refractivity contribution in [1.29, 1.82) is 0 Å². The molecule has 5 heteroatoms. The first-order chi connectivity index (χ1) is 11.7. The zero-order valence-electron chi connectivity index (χ0n) is 14.3. The number of amides is 1. The summed E-state index contributed by atoms with van der Waals surface area (Å²) in [6.45, 7) is 4.49. The van der Waals surface area contributed by atoms with Gasteiger partial charge in [0.15, 0.2) is 18.1 Å². The standard InChI is InChI=1S/C19H23NO4/c1-4-14-6-9-16(10-7-14)24-13-19(21)20-15-8-11-17(23-5-2)18(12-15)22-3/h6-12H,4-5,13H2,1-3H3,(H,20,21). The molecule has 0 bridgehead atoms. The van der Waals surface area contributed by atoms with E-state index in [1.807, 2.05) is 31.2 Å². The monoisotopic (exact) mass is 329 g/mol. The normalized spacial score (nSPS) is 10.1. The third-order valence-corrected chi connectivity index (χ3v) is 3.45. The Bertz CT molecular complexity index is 668. The molecule has 5 nitrogen and oxygen atoms in total. The van der Waals surface area contributed by atoms with Crippen molar-refractivity contribution in [2.45, 2.75) is 20.3 Å². The van der Waals surface area contributed by atoms with Crippen LogP contribution in [0.1, 0.15) is 19.4 Å². The summed E-state index contributed by atoms with van der Waals surface area (Å²) in [5, 5.41) is 2.78. The van der Waals surface area contributed by atoms with Gasteiger partial charge in [0.2, 0.25) is 0 Å². The Kier molecular flexibility index (Phi) is 6.49. The van der Waals surface area contributed by atoms with Gasteiger partial charge in [-0.2, -0.15) is 0 Å². The van der Waals surface area contributed by atoms with Gasteiger partial charge < -0.3 is 19.5 Å². The SMILES string of the molecule is CCOc1ccc(NC(=O)COc2ccc(CC)cc2)cc1OC. The van der Waals surface area contributed by atoms with Crippen LogP contribution in [0.2, 0.25) is 0 Å². The number of ether oxygens (including phenoxy) is 3. The highest BCUT2D eigenvalue weighted by molar-refractivity contribution is 5.92. The van der Waals surface area contributed by atoms with E-state index in [1.165, 1.54) is 5.56 Å². The molecule has 0 heterocycles. The smallest absolute Gasteiger partial charge is 0.262 e. The second-order valence-corrected chi connectivity index (χ2v) is 5.13. The molecule has 0 radical (unpaired) electrons. The summed E-state index contributed by atoms with van der Waals surface area (Å²) in [7, 11) is 1.56. The van der Waals surface area contributed by atoms with Crippen LogP contribution in [-0.2, 0) is 11.2 Å². The van der Waals surface area contributed by atoms with Crippen molar-refractivity contribution < 1.29 is 19.0 Å². The molecule has 2 aromatic rings. The van der Waals surface area contributed by atoms with E-state index in [1.54, 1.807) is 25.3 Å². The Hall–Kier alpha value is -2.69. The van der Waals surface area contributed by atoms with Crippen LogP contribution in [0.3, 0.4) is 0 Å². The first-order valence-corrected chi connectivity index (χ1v) is 7.98. The molecule has 2 rings (SSSR count).